The smallest absolute Gasteiger partial charge is 0.243 e. The molecule has 0 saturated carbocycles. The first kappa shape index (κ1) is 18.1. The quantitative estimate of drug-likeness (QED) is 0.751. The van der Waals surface area contributed by atoms with Crippen LogP contribution in [0.15, 0.2) is 42.5 Å². The zero-order valence-electron chi connectivity index (χ0n) is 15.4. The Hall–Kier alpha value is -1.98. The van der Waals surface area contributed by atoms with Gasteiger partial charge >= 0.3 is 0 Å². The highest BCUT2D eigenvalue weighted by atomic mass is 35.5. The minimum absolute atomic E-state index is 0.120. The van der Waals surface area contributed by atoms with Gasteiger partial charge in [0.2, 0.25) is 5.91 Å². The van der Waals surface area contributed by atoms with Crippen LogP contribution >= 0.6 is 11.6 Å². The van der Waals surface area contributed by atoms with E-state index in [2.05, 4.69) is 4.90 Å². The van der Waals surface area contributed by atoms with Crippen molar-refractivity contribution in [3.63, 3.8) is 0 Å². The second kappa shape index (κ2) is 6.53. The number of benzene rings is 2. The minimum Gasteiger partial charge on any atom is -0.336 e. The summed E-state index contributed by atoms with van der Waals surface area (Å²) < 4.78 is 28.2. The van der Waals surface area contributed by atoms with Gasteiger partial charge in [0.15, 0.2) is 0 Å². The summed E-state index contributed by atoms with van der Waals surface area (Å²) in [6.45, 7) is 1.92. The van der Waals surface area contributed by atoms with Gasteiger partial charge < -0.3 is 4.90 Å². The van der Waals surface area contributed by atoms with Gasteiger partial charge in [0.05, 0.1) is 0 Å². The van der Waals surface area contributed by atoms with Gasteiger partial charge in [-0.15, -0.1) is 0 Å². The lowest BCUT2D eigenvalue weighted by Gasteiger charge is -2.33. The molecule has 1 amide bonds. The fraction of sp³-hybridized carbons (Fsp3) is 0.409. The molecular formula is C22H21ClF2N2O. The Labute approximate surface area is 167 Å². The molecule has 3 fully saturated rings. The number of nitrogens with zero attached hydrogens (tertiary/aromatic N) is 2. The van der Waals surface area contributed by atoms with Crippen LogP contribution in [0.2, 0.25) is 5.02 Å². The minimum atomic E-state index is -0.567. The zero-order valence-corrected chi connectivity index (χ0v) is 16.1. The van der Waals surface area contributed by atoms with E-state index in [4.69, 9.17) is 11.6 Å². The highest BCUT2D eigenvalue weighted by Crippen LogP contribution is 2.56. The van der Waals surface area contributed by atoms with Crippen molar-refractivity contribution in [2.24, 2.45) is 5.92 Å². The average Bonchev–Trinajstić information content (AvgIpc) is 3.29. The Morgan fingerprint density at radius 2 is 2.04 bits per heavy atom. The van der Waals surface area contributed by atoms with Gasteiger partial charge in [-0.1, -0.05) is 23.7 Å². The molecule has 0 unspecified atom stereocenters. The third-order valence-electron chi connectivity index (χ3n) is 6.71. The van der Waals surface area contributed by atoms with Crippen LogP contribution in [0.1, 0.15) is 36.4 Å². The lowest BCUT2D eigenvalue weighted by Crippen LogP contribution is -2.49. The van der Waals surface area contributed by atoms with Crippen LogP contribution < -0.4 is 0 Å². The molecule has 0 N–H and O–H groups in total. The van der Waals surface area contributed by atoms with E-state index in [0.29, 0.717) is 30.1 Å². The summed E-state index contributed by atoms with van der Waals surface area (Å²) in [5.74, 6) is -0.573. The predicted octanol–water partition coefficient (Wildman–Crippen LogP) is 4.56. The largest absolute Gasteiger partial charge is 0.336 e. The van der Waals surface area contributed by atoms with Crippen LogP contribution in [0.5, 0.6) is 0 Å². The molecular weight excluding hydrogens is 382 g/mol. The van der Waals surface area contributed by atoms with E-state index >= 15 is 0 Å². The number of likely N-dealkylation sites (tertiary alicyclic amines) is 1. The second-order valence-corrected chi connectivity index (χ2v) is 8.59. The molecule has 2 aromatic carbocycles. The molecule has 5 rings (SSSR count). The lowest BCUT2D eigenvalue weighted by molar-refractivity contribution is -0.137. The SMILES string of the molecule is O=C1N(Cc2cccc(Cl)c2)C[C@@H]2C[C@@H](c3cc(F)ccc3F)N3CCC[C@@]123. The van der Waals surface area contributed by atoms with E-state index in [-0.39, 0.29) is 17.9 Å². The summed E-state index contributed by atoms with van der Waals surface area (Å²) in [5.41, 5.74) is 0.821. The van der Waals surface area contributed by atoms with Gasteiger partial charge in [0, 0.05) is 35.6 Å². The van der Waals surface area contributed by atoms with Crippen molar-refractivity contribution in [3.05, 3.63) is 70.2 Å². The number of hydrogen-bond donors (Lipinski definition) is 0. The average molecular weight is 403 g/mol. The summed E-state index contributed by atoms with van der Waals surface area (Å²) in [7, 11) is 0. The Balaban J connectivity index is 1.45. The van der Waals surface area contributed by atoms with Crippen molar-refractivity contribution in [1.82, 2.24) is 9.80 Å². The van der Waals surface area contributed by atoms with Crippen LogP contribution in [0, 0.1) is 17.6 Å². The zero-order chi connectivity index (χ0) is 19.5. The Kier molecular flexibility index (Phi) is 4.21. The fourth-order valence-corrected chi connectivity index (χ4v) is 5.85. The van der Waals surface area contributed by atoms with Crippen LogP contribution in [-0.4, -0.2) is 34.3 Å². The van der Waals surface area contributed by atoms with Crippen molar-refractivity contribution in [2.45, 2.75) is 37.4 Å². The number of hydrogen-bond acceptors (Lipinski definition) is 2. The number of carbonyl (C=O) groups is 1. The van der Waals surface area contributed by atoms with E-state index in [9.17, 15) is 13.6 Å². The molecule has 3 atom stereocenters. The predicted molar refractivity (Wildman–Crippen MR) is 103 cm³/mol. The highest BCUT2D eigenvalue weighted by molar-refractivity contribution is 6.30. The molecule has 0 aliphatic carbocycles. The summed E-state index contributed by atoms with van der Waals surface area (Å²) in [5, 5.41) is 0.659. The summed E-state index contributed by atoms with van der Waals surface area (Å²) in [6, 6.07) is 11.0. The maximum absolute atomic E-state index is 14.5. The van der Waals surface area contributed by atoms with E-state index in [0.717, 1.165) is 31.0 Å². The van der Waals surface area contributed by atoms with Gasteiger partial charge in [0.1, 0.15) is 17.2 Å². The topological polar surface area (TPSA) is 23.6 Å². The van der Waals surface area contributed by atoms with E-state index in [1.807, 2.05) is 29.2 Å². The van der Waals surface area contributed by atoms with E-state index in [1.54, 1.807) is 0 Å². The molecule has 1 spiro atoms. The van der Waals surface area contributed by atoms with Crippen LogP contribution in [0.3, 0.4) is 0 Å². The molecule has 3 saturated heterocycles. The van der Waals surface area contributed by atoms with Crippen LogP contribution in [-0.2, 0) is 11.3 Å². The Bertz CT molecular complexity index is 952. The van der Waals surface area contributed by atoms with Crippen LogP contribution in [0.25, 0.3) is 0 Å². The molecule has 6 heteroatoms. The van der Waals surface area contributed by atoms with E-state index < -0.39 is 17.2 Å². The maximum Gasteiger partial charge on any atom is 0.243 e. The normalized spacial score (nSPS) is 29.4. The van der Waals surface area contributed by atoms with Crippen molar-refractivity contribution < 1.29 is 13.6 Å². The molecule has 146 valence electrons. The lowest BCUT2D eigenvalue weighted by atomic mass is 9.85. The summed E-state index contributed by atoms with van der Waals surface area (Å²) in [6.07, 6.45) is 2.37. The first-order valence-electron chi connectivity index (χ1n) is 9.74. The van der Waals surface area contributed by atoms with Crippen molar-refractivity contribution >= 4 is 17.5 Å². The molecule has 3 heterocycles. The summed E-state index contributed by atoms with van der Waals surface area (Å²) in [4.78, 5) is 17.6. The Morgan fingerprint density at radius 3 is 2.86 bits per heavy atom. The van der Waals surface area contributed by atoms with Gasteiger partial charge in [-0.2, -0.15) is 0 Å². The molecule has 2 aromatic rings. The molecule has 28 heavy (non-hydrogen) atoms. The standard InChI is InChI=1S/C22H21ClF2N2O/c23-16-4-1-3-14(9-16)12-26-13-15-10-20(18-11-17(24)5-6-19(18)25)27-8-2-7-22(15,27)21(26)28/h1,3-6,9,11,15,20H,2,7-8,10,12-13H2/t15-,20-,22-/m0/s1. The summed E-state index contributed by atoms with van der Waals surface area (Å²) >= 11 is 6.09. The number of rotatable bonds is 3. The Morgan fingerprint density at radius 1 is 1.18 bits per heavy atom. The molecule has 3 aliphatic rings. The van der Waals surface area contributed by atoms with Gasteiger partial charge in [-0.3, -0.25) is 9.69 Å². The van der Waals surface area contributed by atoms with E-state index in [1.165, 1.54) is 12.1 Å². The highest BCUT2D eigenvalue weighted by Gasteiger charge is 2.65. The fourth-order valence-electron chi connectivity index (χ4n) is 5.64. The second-order valence-electron chi connectivity index (χ2n) is 8.15. The first-order chi connectivity index (χ1) is 13.5. The molecule has 3 nitrogen and oxygen atoms in total. The monoisotopic (exact) mass is 402 g/mol. The molecule has 0 bridgehead atoms. The number of halogens is 3. The van der Waals surface area contributed by atoms with Crippen molar-refractivity contribution in [3.8, 4) is 0 Å². The maximum atomic E-state index is 14.5. The van der Waals surface area contributed by atoms with Crippen molar-refractivity contribution in [1.29, 1.82) is 0 Å². The van der Waals surface area contributed by atoms with Gasteiger partial charge in [0.25, 0.3) is 0 Å². The first-order valence-corrected chi connectivity index (χ1v) is 10.1. The van der Waals surface area contributed by atoms with Gasteiger partial charge in [-0.25, -0.2) is 8.78 Å². The number of carbonyl (C=O) groups excluding carboxylic acids is 1. The van der Waals surface area contributed by atoms with Crippen molar-refractivity contribution in [2.75, 3.05) is 13.1 Å². The third kappa shape index (κ3) is 2.60. The number of amides is 1. The third-order valence-corrected chi connectivity index (χ3v) is 6.94. The molecule has 0 radical (unpaired) electrons. The molecule has 0 aromatic heterocycles. The molecule has 3 aliphatic heterocycles. The van der Waals surface area contributed by atoms with Gasteiger partial charge in [-0.05, 0) is 61.7 Å². The van der Waals surface area contributed by atoms with Crippen LogP contribution in [0.4, 0.5) is 8.78 Å².